The normalized spacial score (nSPS) is 10.7. The fourth-order valence-corrected chi connectivity index (χ4v) is 3.49. The van der Waals surface area contributed by atoms with Crippen molar-refractivity contribution in [1.29, 1.82) is 0 Å². The number of hydrogen-bond donors (Lipinski definition) is 1. The second-order valence-corrected chi connectivity index (χ2v) is 7.90. The first-order valence-electron chi connectivity index (χ1n) is 10.1. The highest BCUT2D eigenvalue weighted by Crippen LogP contribution is 2.34. The van der Waals surface area contributed by atoms with E-state index in [4.69, 9.17) is 14.2 Å². The van der Waals surface area contributed by atoms with Gasteiger partial charge < -0.3 is 19.5 Å². The molecule has 0 fully saturated rings. The van der Waals surface area contributed by atoms with E-state index in [9.17, 15) is 0 Å². The van der Waals surface area contributed by atoms with Crippen LogP contribution in [-0.4, -0.2) is 13.7 Å². The van der Waals surface area contributed by atoms with Crippen LogP contribution in [0.5, 0.6) is 17.2 Å². The van der Waals surface area contributed by atoms with Crippen molar-refractivity contribution in [3.63, 3.8) is 0 Å². The molecule has 3 aromatic rings. The van der Waals surface area contributed by atoms with E-state index in [1.165, 1.54) is 11.1 Å². The van der Waals surface area contributed by atoms with Gasteiger partial charge in [-0.05, 0) is 54.8 Å². The molecule has 0 bridgehead atoms. The van der Waals surface area contributed by atoms with Crippen LogP contribution in [0, 0.1) is 6.92 Å². The van der Waals surface area contributed by atoms with Gasteiger partial charge in [-0.2, -0.15) is 0 Å². The molecule has 0 aliphatic carbocycles. The lowest BCUT2D eigenvalue weighted by atomic mass is 10.1. The van der Waals surface area contributed by atoms with Gasteiger partial charge in [-0.15, -0.1) is 0 Å². The van der Waals surface area contributed by atoms with Crippen LogP contribution in [0.1, 0.15) is 29.2 Å². The summed E-state index contributed by atoms with van der Waals surface area (Å²) in [5.41, 5.74) is 4.69. The highest BCUT2D eigenvalue weighted by Gasteiger charge is 2.11. The minimum Gasteiger partial charge on any atom is -0.497 e. The van der Waals surface area contributed by atoms with Gasteiger partial charge in [0.2, 0.25) is 0 Å². The van der Waals surface area contributed by atoms with E-state index in [2.05, 4.69) is 64.6 Å². The summed E-state index contributed by atoms with van der Waals surface area (Å²) in [4.78, 5) is 0. The Bertz CT molecular complexity index is 940. The van der Waals surface area contributed by atoms with Gasteiger partial charge in [-0.3, -0.25) is 0 Å². The topological polar surface area (TPSA) is 39.7 Å². The number of methoxy groups -OCH3 is 1. The van der Waals surface area contributed by atoms with Crippen LogP contribution >= 0.6 is 15.9 Å². The summed E-state index contributed by atoms with van der Waals surface area (Å²) in [6, 6.07) is 20.5. The summed E-state index contributed by atoms with van der Waals surface area (Å²) in [5, 5.41) is 3.48. The first-order chi connectivity index (χ1) is 14.6. The lowest BCUT2D eigenvalue weighted by Gasteiger charge is -2.16. The van der Waals surface area contributed by atoms with Gasteiger partial charge in [0, 0.05) is 17.6 Å². The zero-order valence-corrected chi connectivity index (χ0v) is 19.3. The molecule has 0 saturated carbocycles. The van der Waals surface area contributed by atoms with Crippen LogP contribution in [0.3, 0.4) is 0 Å². The van der Waals surface area contributed by atoms with Crippen molar-refractivity contribution in [3.8, 4) is 17.2 Å². The summed E-state index contributed by atoms with van der Waals surface area (Å²) in [6.07, 6.45) is 0. The van der Waals surface area contributed by atoms with E-state index in [-0.39, 0.29) is 0 Å². The third-order valence-corrected chi connectivity index (χ3v) is 5.47. The molecule has 1 N–H and O–H groups in total. The van der Waals surface area contributed by atoms with Gasteiger partial charge in [0.15, 0.2) is 11.5 Å². The van der Waals surface area contributed by atoms with E-state index < -0.39 is 0 Å². The summed E-state index contributed by atoms with van der Waals surface area (Å²) >= 11 is 3.68. The molecule has 3 rings (SSSR count). The molecule has 0 saturated heterocycles. The molecular weight excluding hydrogens is 442 g/mol. The molecule has 4 nitrogen and oxygen atoms in total. The maximum atomic E-state index is 6.06. The zero-order chi connectivity index (χ0) is 21.3. The van der Waals surface area contributed by atoms with Crippen LogP contribution in [0.25, 0.3) is 0 Å². The molecule has 0 aliphatic rings. The monoisotopic (exact) mass is 469 g/mol. The summed E-state index contributed by atoms with van der Waals surface area (Å²) in [5.74, 6) is 2.36. The second kappa shape index (κ2) is 11.0. The largest absolute Gasteiger partial charge is 0.497 e. The van der Waals surface area contributed by atoms with Crippen molar-refractivity contribution in [2.45, 2.75) is 33.5 Å². The molecule has 0 aromatic heterocycles. The zero-order valence-electron chi connectivity index (χ0n) is 17.7. The molecule has 0 radical (unpaired) electrons. The molecule has 5 heteroatoms. The number of nitrogens with one attached hydrogen (secondary N) is 1. The third kappa shape index (κ3) is 6.25. The Morgan fingerprint density at radius 1 is 0.833 bits per heavy atom. The first kappa shape index (κ1) is 22.2. The van der Waals surface area contributed by atoms with Crippen LogP contribution in [0.15, 0.2) is 65.1 Å². The smallest absolute Gasteiger partial charge is 0.162 e. The number of benzene rings is 3. The van der Waals surface area contributed by atoms with Gasteiger partial charge in [-0.25, -0.2) is 0 Å². The highest BCUT2D eigenvalue weighted by molar-refractivity contribution is 9.10. The molecule has 0 heterocycles. The van der Waals surface area contributed by atoms with Gasteiger partial charge in [0.1, 0.15) is 12.4 Å². The summed E-state index contributed by atoms with van der Waals surface area (Å²) in [6.45, 7) is 6.63. The Labute approximate surface area is 187 Å². The van der Waals surface area contributed by atoms with E-state index in [0.29, 0.717) is 19.8 Å². The van der Waals surface area contributed by atoms with Crippen molar-refractivity contribution in [2.24, 2.45) is 0 Å². The first-order valence-corrected chi connectivity index (χ1v) is 10.9. The van der Waals surface area contributed by atoms with Gasteiger partial charge in [0.05, 0.1) is 13.7 Å². The molecule has 0 spiro atoms. The van der Waals surface area contributed by atoms with Gasteiger partial charge in [0.25, 0.3) is 0 Å². The predicted molar refractivity (Wildman–Crippen MR) is 124 cm³/mol. The van der Waals surface area contributed by atoms with Crippen LogP contribution < -0.4 is 19.5 Å². The molecule has 3 aromatic carbocycles. The number of halogens is 1. The van der Waals surface area contributed by atoms with Gasteiger partial charge in [-0.1, -0.05) is 57.9 Å². The van der Waals surface area contributed by atoms with Crippen molar-refractivity contribution in [3.05, 3.63) is 87.4 Å². The Hall–Kier alpha value is -2.50. The van der Waals surface area contributed by atoms with Crippen molar-refractivity contribution >= 4 is 15.9 Å². The van der Waals surface area contributed by atoms with Crippen molar-refractivity contribution in [2.75, 3.05) is 13.7 Å². The predicted octanol–water partition coefficient (Wildman–Crippen LogP) is 6.03. The standard InChI is InChI=1S/C25H28BrNO3/c1-4-29-24-13-21(16-27-15-19-9-11-22(28-3)12-10-19)23(26)14-25(24)30-17-20-7-5-18(2)6-8-20/h5-14,27H,4,15-17H2,1-3H3. The Kier molecular flexibility index (Phi) is 8.17. The van der Waals surface area contributed by atoms with Crippen LogP contribution in [0.2, 0.25) is 0 Å². The van der Waals surface area contributed by atoms with E-state index in [1.807, 2.05) is 31.2 Å². The SMILES string of the molecule is CCOc1cc(CNCc2ccc(OC)cc2)c(Br)cc1OCc1ccc(C)cc1. The molecule has 0 amide bonds. The Balaban J connectivity index is 1.64. The summed E-state index contributed by atoms with van der Waals surface area (Å²) < 4.78 is 18.1. The highest BCUT2D eigenvalue weighted by atomic mass is 79.9. The minimum atomic E-state index is 0.502. The maximum Gasteiger partial charge on any atom is 0.162 e. The summed E-state index contributed by atoms with van der Waals surface area (Å²) in [7, 11) is 1.68. The molecule has 30 heavy (non-hydrogen) atoms. The quantitative estimate of drug-likeness (QED) is 0.393. The van der Waals surface area contributed by atoms with Gasteiger partial charge >= 0.3 is 0 Å². The Morgan fingerprint density at radius 2 is 1.50 bits per heavy atom. The molecule has 0 unspecified atom stereocenters. The second-order valence-electron chi connectivity index (χ2n) is 7.05. The molecule has 0 aliphatic heterocycles. The maximum absolute atomic E-state index is 6.06. The molecule has 0 atom stereocenters. The Morgan fingerprint density at radius 3 is 2.17 bits per heavy atom. The van der Waals surface area contributed by atoms with Crippen molar-refractivity contribution < 1.29 is 14.2 Å². The fourth-order valence-electron chi connectivity index (χ4n) is 3.02. The molecular formula is C25H28BrNO3. The average molecular weight is 470 g/mol. The van der Waals surface area contributed by atoms with E-state index >= 15 is 0 Å². The lowest BCUT2D eigenvalue weighted by molar-refractivity contribution is 0.269. The number of rotatable bonds is 10. The number of aryl methyl sites for hydroxylation is 1. The van der Waals surface area contributed by atoms with E-state index in [0.717, 1.165) is 39.4 Å². The lowest BCUT2D eigenvalue weighted by Crippen LogP contribution is -2.13. The number of hydrogen-bond acceptors (Lipinski definition) is 4. The third-order valence-electron chi connectivity index (χ3n) is 4.73. The minimum absolute atomic E-state index is 0.502. The fraction of sp³-hybridized carbons (Fsp3) is 0.280. The van der Waals surface area contributed by atoms with Crippen LogP contribution in [0.4, 0.5) is 0 Å². The number of ether oxygens (including phenoxy) is 3. The molecule has 158 valence electrons. The van der Waals surface area contributed by atoms with E-state index in [1.54, 1.807) is 7.11 Å². The average Bonchev–Trinajstić information content (AvgIpc) is 2.76. The van der Waals surface area contributed by atoms with Crippen molar-refractivity contribution in [1.82, 2.24) is 5.32 Å². The van der Waals surface area contributed by atoms with Crippen LogP contribution in [-0.2, 0) is 19.7 Å².